The highest BCUT2D eigenvalue weighted by molar-refractivity contribution is 5.79. The van der Waals surface area contributed by atoms with E-state index in [1.54, 1.807) is 47.7 Å². The van der Waals surface area contributed by atoms with Crippen LogP contribution in [0.25, 0.3) is 39.5 Å². The van der Waals surface area contributed by atoms with Crippen molar-refractivity contribution >= 4 is 22.2 Å². The van der Waals surface area contributed by atoms with E-state index in [0.29, 0.717) is 41.4 Å². The molecule has 1 saturated heterocycles. The summed E-state index contributed by atoms with van der Waals surface area (Å²) in [5.74, 6) is 0.798. The number of aromatic nitrogens is 7. The third-order valence-corrected chi connectivity index (χ3v) is 5.77. The van der Waals surface area contributed by atoms with Gasteiger partial charge >= 0.3 is 0 Å². The van der Waals surface area contributed by atoms with Gasteiger partial charge in [0.05, 0.1) is 17.2 Å². The van der Waals surface area contributed by atoms with Crippen LogP contribution >= 0.6 is 0 Å². The summed E-state index contributed by atoms with van der Waals surface area (Å²) in [6.07, 6.45) is 8.07. The molecule has 5 aromatic rings. The minimum Gasteiger partial charge on any atom is -0.381 e. The van der Waals surface area contributed by atoms with Gasteiger partial charge in [-0.15, -0.1) is 0 Å². The van der Waals surface area contributed by atoms with Gasteiger partial charge in [0.2, 0.25) is 18.3 Å². The molecule has 32 heavy (non-hydrogen) atoms. The van der Waals surface area contributed by atoms with Crippen LogP contribution in [-0.4, -0.2) is 47.5 Å². The van der Waals surface area contributed by atoms with Crippen molar-refractivity contribution in [2.24, 2.45) is 0 Å². The fourth-order valence-corrected chi connectivity index (χ4v) is 4.20. The van der Waals surface area contributed by atoms with E-state index in [4.69, 9.17) is 14.7 Å². The number of imidazole rings is 2. The molecule has 6 rings (SSSR count). The van der Waals surface area contributed by atoms with Crippen molar-refractivity contribution in [2.75, 3.05) is 13.2 Å². The number of nitrogens with zero attached hydrogens (tertiary/aromatic N) is 7. The van der Waals surface area contributed by atoms with Crippen molar-refractivity contribution in [3.05, 3.63) is 61.1 Å². The van der Waals surface area contributed by atoms with E-state index in [0.717, 1.165) is 29.0 Å². The van der Waals surface area contributed by atoms with Crippen LogP contribution in [0.2, 0.25) is 0 Å². The fraction of sp³-hybridized carbons (Fsp3) is 0.227. The first kappa shape index (κ1) is 18.8. The molecular weight excluding hydrogens is 413 g/mol. The minimum absolute atomic E-state index is 0.157. The quantitative estimate of drug-likeness (QED) is 0.348. The lowest BCUT2D eigenvalue weighted by atomic mass is 10.1. The molecule has 1 N–H and O–H groups in total. The molecular formula is C22H19FN7O2+. The maximum atomic E-state index is 13.9. The molecule has 1 aliphatic heterocycles. The summed E-state index contributed by atoms with van der Waals surface area (Å²) in [6, 6.07) is 8.20. The van der Waals surface area contributed by atoms with Crippen molar-refractivity contribution in [3.63, 3.8) is 0 Å². The molecule has 10 heteroatoms. The molecule has 9 nitrogen and oxygen atoms in total. The number of benzene rings is 1. The van der Waals surface area contributed by atoms with Crippen LogP contribution < -0.4 is 4.73 Å². The van der Waals surface area contributed by atoms with Crippen LogP contribution in [0.1, 0.15) is 18.9 Å². The molecule has 0 unspecified atom stereocenters. The van der Waals surface area contributed by atoms with Gasteiger partial charge < -0.3 is 9.30 Å². The summed E-state index contributed by atoms with van der Waals surface area (Å²) < 4.78 is 24.2. The maximum Gasteiger partial charge on any atom is 0.237 e. The van der Waals surface area contributed by atoms with E-state index < -0.39 is 0 Å². The van der Waals surface area contributed by atoms with Crippen molar-refractivity contribution < 1.29 is 19.1 Å². The van der Waals surface area contributed by atoms with Crippen molar-refractivity contribution in [2.45, 2.75) is 18.9 Å². The predicted octanol–water partition coefficient (Wildman–Crippen LogP) is 2.85. The molecule has 0 bridgehead atoms. The summed E-state index contributed by atoms with van der Waals surface area (Å²) in [5, 5.41) is 9.62. The van der Waals surface area contributed by atoms with E-state index in [1.807, 2.05) is 0 Å². The zero-order chi connectivity index (χ0) is 21.7. The molecule has 1 aliphatic rings. The number of hydrogen-bond acceptors (Lipinski definition) is 6. The van der Waals surface area contributed by atoms with Gasteiger partial charge in [0.15, 0.2) is 5.65 Å². The Hall–Kier alpha value is -3.92. The van der Waals surface area contributed by atoms with E-state index in [-0.39, 0.29) is 11.9 Å². The SMILES string of the molecule is O[n+]1ccc(-c2nc3cnc(-n4cnc5ccc(F)cc54)nc3n2C2CCOCC2)cc1. The summed E-state index contributed by atoms with van der Waals surface area (Å²) >= 11 is 0. The number of halogens is 1. The molecule has 0 saturated carbocycles. The van der Waals surface area contributed by atoms with Gasteiger partial charge in [0, 0.05) is 47.7 Å². The van der Waals surface area contributed by atoms with E-state index in [9.17, 15) is 9.60 Å². The van der Waals surface area contributed by atoms with Crippen LogP contribution in [0.15, 0.2) is 55.2 Å². The topological polar surface area (TPSA) is 94.8 Å². The van der Waals surface area contributed by atoms with Crippen LogP contribution in [0.4, 0.5) is 4.39 Å². The number of rotatable bonds is 3. The summed E-state index contributed by atoms with van der Waals surface area (Å²) in [7, 11) is 0. The number of ether oxygens (including phenoxy) is 1. The number of hydrogen-bond donors (Lipinski definition) is 1. The Labute approximate surface area is 181 Å². The second-order valence-electron chi connectivity index (χ2n) is 7.74. The molecule has 0 atom stereocenters. The normalized spacial score (nSPS) is 15.0. The van der Waals surface area contributed by atoms with Crippen LogP contribution in [0.5, 0.6) is 0 Å². The second-order valence-corrected chi connectivity index (χ2v) is 7.74. The summed E-state index contributed by atoms with van der Waals surface area (Å²) in [5.41, 5.74) is 3.46. The second kappa shape index (κ2) is 7.34. The van der Waals surface area contributed by atoms with Gasteiger partial charge in [0.25, 0.3) is 0 Å². The van der Waals surface area contributed by atoms with Crippen LogP contribution in [0.3, 0.4) is 0 Å². The Morgan fingerprint density at radius 2 is 1.84 bits per heavy atom. The largest absolute Gasteiger partial charge is 0.381 e. The third-order valence-electron chi connectivity index (χ3n) is 5.77. The lowest BCUT2D eigenvalue weighted by Gasteiger charge is -2.25. The van der Waals surface area contributed by atoms with Gasteiger partial charge in [-0.1, -0.05) is 0 Å². The zero-order valence-electron chi connectivity index (χ0n) is 17.0. The molecule has 1 aromatic carbocycles. The van der Waals surface area contributed by atoms with Crippen molar-refractivity contribution in [1.29, 1.82) is 0 Å². The first-order valence-electron chi connectivity index (χ1n) is 10.3. The number of fused-ring (bicyclic) bond motifs is 2. The monoisotopic (exact) mass is 432 g/mol. The number of pyridine rings is 1. The zero-order valence-corrected chi connectivity index (χ0v) is 17.0. The Kier molecular flexibility index (Phi) is 4.32. The minimum atomic E-state index is -0.347. The van der Waals surface area contributed by atoms with Gasteiger partial charge in [0.1, 0.15) is 23.5 Å². The Morgan fingerprint density at radius 1 is 1.03 bits per heavy atom. The van der Waals surface area contributed by atoms with Gasteiger partial charge in [-0.05, 0) is 25.0 Å². The van der Waals surface area contributed by atoms with Crippen molar-refractivity contribution in [3.8, 4) is 17.3 Å². The van der Waals surface area contributed by atoms with Gasteiger partial charge in [-0.2, -0.15) is 4.98 Å². The average Bonchev–Trinajstić information content (AvgIpc) is 3.41. The standard InChI is InChI=1S/C22H19FN7O2/c23-15-1-2-17-19(11-15)29(13-25-17)22-24-12-18-21(27-22)30(16-5-9-32-10-6-16)20(26-18)14-3-7-28(31)8-4-14/h1-4,7-8,11-13,16,31H,5-6,9-10H2/q+1. The van der Waals surface area contributed by atoms with E-state index in [1.165, 1.54) is 12.1 Å². The molecule has 0 amide bonds. The first-order chi connectivity index (χ1) is 15.7. The van der Waals surface area contributed by atoms with Crippen LogP contribution in [0, 0.1) is 5.82 Å². The summed E-state index contributed by atoms with van der Waals surface area (Å²) in [6.45, 7) is 1.33. The molecule has 5 heterocycles. The van der Waals surface area contributed by atoms with Crippen molar-refractivity contribution in [1.82, 2.24) is 29.1 Å². The Balaban J connectivity index is 1.56. The highest BCUT2D eigenvalue weighted by Gasteiger charge is 2.25. The Morgan fingerprint density at radius 3 is 2.66 bits per heavy atom. The lowest BCUT2D eigenvalue weighted by Crippen LogP contribution is -2.28. The van der Waals surface area contributed by atoms with E-state index in [2.05, 4.69) is 14.5 Å². The van der Waals surface area contributed by atoms with E-state index >= 15 is 0 Å². The third kappa shape index (κ3) is 3.07. The molecule has 0 radical (unpaired) electrons. The molecule has 0 aliphatic carbocycles. The van der Waals surface area contributed by atoms with Crippen LogP contribution in [-0.2, 0) is 4.74 Å². The predicted molar refractivity (Wildman–Crippen MR) is 112 cm³/mol. The molecule has 0 spiro atoms. The lowest BCUT2D eigenvalue weighted by molar-refractivity contribution is -0.904. The first-order valence-corrected chi connectivity index (χ1v) is 10.3. The smallest absolute Gasteiger partial charge is 0.237 e. The molecule has 1 fully saturated rings. The fourth-order valence-electron chi connectivity index (χ4n) is 4.20. The molecule has 160 valence electrons. The highest BCUT2D eigenvalue weighted by Crippen LogP contribution is 2.32. The summed E-state index contributed by atoms with van der Waals surface area (Å²) in [4.78, 5) is 18.5. The maximum absolute atomic E-state index is 13.9. The average molecular weight is 432 g/mol. The molecule has 4 aromatic heterocycles. The highest BCUT2D eigenvalue weighted by atomic mass is 19.1. The van der Waals surface area contributed by atoms with Gasteiger partial charge in [-0.3, -0.25) is 9.77 Å². The van der Waals surface area contributed by atoms with Gasteiger partial charge in [-0.25, -0.2) is 19.3 Å². The Bertz CT molecular complexity index is 1440.